The molecular formula is C25H29F2N3O3. The van der Waals surface area contributed by atoms with Crippen LogP contribution in [0.25, 0.3) is 0 Å². The molecule has 0 bridgehead atoms. The molecule has 1 N–H and O–H groups in total. The molecule has 6 nitrogen and oxygen atoms in total. The molecule has 3 amide bonds. The van der Waals surface area contributed by atoms with Gasteiger partial charge in [0.1, 0.15) is 23.2 Å². The fourth-order valence-electron chi connectivity index (χ4n) is 3.83. The highest BCUT2D eigenvalue weighted by Crippen LogP contribution is 2.16. The lowest BCUT2D eigenvalue weighted by Gasteiger charge is -2.37. The van der Waals surface area contributed by atoms with Crippen LogP contribution in [0, 0.1) is 17.6 Å². The van der Waals surface area contributed by atoms with Gasteiger partial charge in [-0.1, -0.05) is 39.0 Å². The molecule has 1 saturated heterocycles. The van der Waals surface area contributed by atoms with Gasteiger partial charge in [-0.05, 0) is 42.2 Å². The van der Waals surface area contributed by atoms with Crippen molar-refractivity contribution in [2.24, 2.45) is 5.92 Å². The van der Waals surface area contributed by atoms with Crippen LogP contribution in [0.3, 0.4) is 0 Å². The summed E-state index contributed by atoms with van der Waals surface area (Å²) in [7, 11) is 0. The predicted octanol–water partition coefficient (Wildman–Crippen LogP) is 3.27. The third-order valence-corrected chi connectivity index (χ3v) is 5.90. The molecule has 0 aromatic heterocycles. The van der Waals surface area contributed by atoms with E-state index in [1.807, 2.05) is 31.2 Å². The molecule has 33 heavy (non-hydrogen) atoms. The highest BCUT2D eigenvalue weighted by molar-refractivity contribution is 5.98. The Balaban J connectivity index is 1.63. The van der Waals surface area contributed by atoms with Crippen LogP contribution >= 0.6 is 0 Å². The molecule has 1 atom stereocenters. The number of benzene rings is 2. The monoisotopic (exact) mass is 457 g/mol. The van der Waals surface area contributed by atoms with Crippen molar-refractivity contribution in [3.8, 4) is 0 Å². The van der Waals surface area contributed by atoms with Crippen LogP contribution in [0.5, 0.6) is 0 Å². The zero-order valence-electron chi connectivity index (χ0n) is 19.1. The van der Waals surface area contributed by atoms with Gasteiger partial charge in [0.25, 0.3) is 11.8 Å². The summed E-state index contributed by atoms with van der Waals surface area (Å²) in [5, 5.41) is 2.49. The van der Waals surface area contributed by atoms with Crippen molar-refractivity contribution < 1.29 is 23.2 Å². The van der Waals surface area contributed by atoms with E-state index in [0.29, 0.717) is 31.7 Å². The molecule has 1 aliphatic heterocycles. The summed E-state index contributed by atoms with van der Waals surface area (Å²) >= 11 is 0. The predicted molar refractivity (Wildman–Crippen MR) is 121 cm³/mol. The number of rotatable bonds is 6. The first-order valence-electron chi connectivity index (χ1n) is 11.1. The number of nitrogens with zero attached hydrogens (tertiary/aromatic N) is 2. The molecule has 2 aromatic carbocycles. The summed E-state index contributed by atoms with van der Waals surface area (Å²) in [4.78, 5) is 41.7. The van der Waals surface area contributed by atoms with Gasteiger partial charge in [0, 0.05) is 31.7 Å². The number of halogens is 2. The Bertz CT molecular complexity index is 996. The number of nitrogens with one attached hydrogen (secondary N) is 1. The van der Waals surface area contributed by atoms with Crippen molar-refractivity contribution in [1.29, 1.82) is 0 Å². The van der Waals surface area contributed by atoms with Gasteiger partial charge in [0.15, 0.2) is 0 Å². The van der Waals surface area contributed by atoms with Crippen molar-refractivity contribution in [1.82, 2.24) is 15.1 Å². The second-order valence-electron chi connectivity index (χ2n) is 8.46. The quantitative estimate of drug-likeness (QED) is 0.724. The molecule has 1 fully saturated rings. The standard InChI is InChI=1S/C25H29F2N3O3/c1-4-17-8-10-18(11-9-17)24(32)29-12-14-30(15-13-29)25(33)22(16(2)3)28-23(31)21-19(26)6-5-7-20(21)27/h5-11,16,22H,4,12-15H2,1-3H3,(H,28,31). The number of carbonyl (C=O) groups excluding carboxylic acids is 3. The molecule has 3 rings (SSSR count). The van der Waals surface area contributed by atoms with E-state index in [4.69, 9.17) is 0 Å². The first kappa shape index (κ1) is 24.4. The maximum atomic E-state index is 14.0. The van der Waals surface area contributed by atoms with Crippen molar-refractivity contribution in [2.45, 2.75) is 33.2 Å². The Morgan fingerprint density at radius 3 is 1.97 bits per heavy atom. The first-order chi connectivity index (χ1) is 15.7. The molecular weight excluding hydrogens is 428 g/mol. The number of piperazine rings is 1. The second-order valence-corrected chi connectivity index (χ2v) is 8.46. The third kappa shape index (κ3) is 5.56. The highest BCUT2D eigenvalue weighted by atomic mass is 19.1. The smallest absolute Gasteiger partial charge is 0.257 e. The minimum absolute atomic E-state index is 0.0894. The van der Waals surface area contributed by atoms with E-state index in [9.17, 15) is 23.2 Å². The van der Waals surface area contributed by atoms with E-state index in [1.165, 1.54) is 6.07 Å². The summed E-state index contributed by atoms with van der Waals surface area (Å²) in [6, 6.07) is 9.70. The van der Waals surface area contributed by atoms with Crippen LogP contribution in [-0.4, -0.2) is 59.7 Å². The second kappa shape index (κ2) is 10.6. The molecule has 2 aromatic rings. The number of hydrogen-bond donors (Lipinski definition) is 1. The van der Waals surface area contributed by atoms with Gasteiger partial charge in [-0.15, -0.1) is 0 Å². The van der Waals surface area contributed by atoms with E-state index < -0.39 is 29.1 Å². The summed E-state index contributed by atoms with van der Waals surface area (Å²) in [6.45, 7) is 6.89. The Labute approximate surface area is 192 Å². The summed E-state index contributed by atoms with van der Waals surface area (Å²) in [6.07, 6.45) is 0.895. The van der Waals surface area contributed by atoms with Crippen LogP contribution in [0.15, 0.2) is 42.5 Å². The number of aryl methyl sites for hydroxylation is 1. The number of hydrogen-bond acceptors (Lipinski definition) is 3. The van der Waals surface area contributed by atoms with Crippen LogP contribution in [-0.2, 0) is 11.2 Å². The van der Waals surface area contributed by atoms with Crippen molar-refractivity contribution in [2.75, 3.05) is 26.2 Å². The normalized spacial score (nSPS) is 14.8. The van der Waals surface area contributed by atoms with E-state index in [2.05, 4.69) is 5.32 Å². The van der Waals surface area contributed by atoms with Gasteiger partial charge in [-0.25, -0.2) is 8.78 Å². The summed E-state index contributed by atoms with van der Waals surface area (Å²) < 4.78 is 28.0. The van der Waals surface area contributed by atoms with Crippen molar-refractivity contribution in [3.05, 3.63) is 70.8 Å². The zero-order chi connectivity index (χ0) is 24.1. The SMILES string of the molecule is CCc1ccc(C(=O)N2CCN(C(=O)C(NC(=O)c3c(F)cccc3F)C(C)C)CC2)cc1. The molecule has 0 spiro atoms. The van der Waals surface area contributed by atoms with Crippen LogP contribution in [0.4, 0.5) is 8.78 Å². The van der Waals surface area contributed by atoms with Crippen molar-refractivity contribution in [3.63, 3.8) is 0 Å². The lowest BCUT2D eigenvalue weighted by atomic mass is 10.0. The van der Waals surface area contributed by atoms with E-state index in [-0.39, 0.29) is 17.7 Å². The Kier molecular flexibility index (Phi) is 7.79. The molecule has 0 radical (unpaired) electrons. The molecule has 1 aliphatic rings. The highest BCUT2D eigenvalue weighted by Gasteiger charge is 2.33. The van der Waals surface area contributed by atoms with Crippen LogP contribution in [0.2, 0.25) is 0 Å². The Hall–Kier alpha value is -3.29. The van der Waals surface area contributed by atoms with Gasteiger partial charge in [0.2, 0.25) is 5.91 Å². The third-order valence-electron chi connectivity index (χ3n) is 5.90. The molecule has 1 heterocycles. The van der Waals surface area contributed by atoms with Crippen LogP contribution in [0.1, 0.15) is 47.1 Å². The fourth-order valence-corrected chi connectivity index (χ4v) is 3.83. The Morgan fingerprint density at radius 2 is 1.45 bits per heavy atom. The average molecular weight is 458 g/mol. The lowest BCUT2D eigenvalue weighted by molar-refractivity contribution is -0.135. The molecule has 0 aliphatic carbocycles. The molecule has 8 heteroatoms. The van der Waals surface area contributed by atoms with Gasteiger partial charge in [-0.3, -0.25) is 14.4 Å². The zero-order valence-corrected chi connectivity index (χ0v) is 19.1. The largest absolute Gasteiger partial charge is 0.340 e. The van der Waals surface area contributed by atoms with E-state index in [1.54, 1.807) is 23.6 Å². The number of carbonyl (C=O) groups is 3. The fraction of sp³-hybridized carbons (Fsp3) is 0.400. The minimum atomic E-state index is -0.985. The first-order valence-corrected chi connectivity index (χ1v) is 11.1. The van der Waals surface area contributed by atoms with Crippen molar-refractivity contribution >= 4 is 17.7 Å². The molecule has 176 valence electrons. The summed E-state index contributed by atoms with van der Waals surface area (Å²) in [5.41, 5.74) is 1.05. The maximum absolute atomic E-state index is 14.0. The lowest BCUT2D eigenvalue weighted by Crippen LogP contribution is -2.57. The van der Waals surface area contributed by atoms with Gasteiger partial charge in [0.05, 0.1) is 0 Å². The van der Waals surface area contributed by atoms with E-state index >= 15 is 0 Å². The topological polar surface area (TPSA) is 69.7 Å². The maximum Gasteiger partial charge on any atom is 0.257 e. The summed E-state index contributed by atoms with van der Waals surface area (Å²) in [5.74, 6) is -3.67. The molecule has 0 saturated carbocycles. The number of amides is 3. The van der Waals surface area contributed by atoms with Gasteiger partial charge >= 0.3 is 0 Å². The minimum Gasteiger partial charge on any atom is -0.340 e. The average Bonchev–Trinajstić information content (AvgIpc) is 2.81. The molecule has 1 unspecified atom stereocenters. The van der Waals surface area contributed by atoms with E-state index in [0.717, 1.165) is 24.1 Å². The Morgan fingerprint density at radius 1 is 0.909 bits per heavy atom. The van der Waals surface area contributed by atoms with Gasteiger partial charge < -0.3 is 15.1 Å². The van der Waals surface area contributed by atoms with Crippen LogP contribution < -0.4 is 5.32 Å². The van der Waals surface area contributed by atoms with Gasteiger partial charge in [-0.2, -0.15) is 0 Å².